The molecule has 0 heterocycles. The minimum absolute atomic E-state index is 0.218. The monoisotopic (exact) mass is 288 g/mol. The van der Waals surface area contributed by atoms with E-state index in [1.54, 1.807) is 14.2 Å². The topological polar surface area (TPSA) is 58.9 Å². The smallest absolute Gasteiger partial charge is 0.124 e. The Kier molecular flexibility index (Phi) is 5.20. The van der Waals surface area contributed by atoms with Crippen LogP contribution in [0.2, 0.25) is 0 Å². The SMILES string of the molecule is COCc1cccc(Cc2cccc(COC)c2O)c1O. The number of hydrogen-bond acceptors (Lipinski definition) is 4. The second kappa shape index (κ2) is 7.11. The zero-order chi connectivity index (χ0) is 15.2. The van der Waals surface area contributed by atoms with Gasteiger partial charge in [0.2, 0.25) is 0 Å². The van der Waals surface area contributed by atoms with Gasteiger partial charge in [0.15, 0.2) is 0 Å². The number of methoxy groups -OCH3 is 2. The summed E-state index contributed by atoms with van der Waals surface area (Å²) >= 11 is 0. The van der Waals surface area contributed by atoms with Crippen LogP contribution < -0.4 is 0 Å². The van der Waals surface area contributed by atoms with Crippen LogP contribution in [0.4, 0.5) is 0 Å². The number of aromatic hydroxyl groups is 2. The lowest BCUT2D eigenvalue weighted by molar-refractivity contribution is 0.181. The summed E-state index contributed by atoms with van der Waals surface area (Å²) < 4.78 is 10.1. The molecular weight excluding hydrogens is 268 g/mol. The Morgan fingerprint density at radius 2 is 1.10 bits per heavy atom. The van der Waals surface area contributed by atoms with Gasteiger partial charge in [0.1, 0.15) is 11.5 Å². The van der Waals surface area contributed by atoms with E-state index in [0.717, 1.165) is 22.3 Å². The van der Waals surface area contributed by atoms with Crippen molar-refractivity contribution < 1.29 is 19.7 Å². The van der Waals surface area contributed by atoms with E-state index in [2.05, 4.69) is 0 Å². The molecule has 0 radical (unpaired) electrons. The van der Waals surface area contributed by atoms with Crippen LogP contribution in [0.25, 0.3) is 0 Å². The van der Waals surface area contributed by atoms with Gasteiger partial charge < -0.3 is 19.7 Å². The first-order valence-electron chi connectivity index (χ1n) is 6.74. The van der Waals surface area contributed by atoms with Crippen LogP contribution in [-0.4, -0.2) is 24.4 Å². The minimum atomic E-state index is 0.218. The molecule has 0 aliphatic carbocycles. The number of benzene rings is 2. The van der Waals surface area contributed by atoms with Crippen molar-refractivity contribution in [3.8, 4) is 11.5 Å². The van der Waals surface area contributed by atoms with E-state index in [4.69, 9.17) is 9.47 Å². The molecule has 2 aromatic carbocycles. The van der Waals surface area contributed by atoms with Crippen LogP contribution in [0.1, 0.15) is 22.3 Å². The first kappa shape index (κ1) is 15.4. The van der Waals surface area contributed by atoms with Gasteiger partial charge in [-0.1, -0.05) is 36.4 Å². The second-order valence-electron chi connectivity index (χ2n) is 4.89. The fourth-order valence-corrected chi connectivity index (χ4v) is 2.32. The maximum absolute atomic E-state index is 10.3. The van der Waals surface area contributed by atoms with E-state index in [-0.39, 0.29) is 11.5 Å². The molecule has 0 atom stereocenters. The van der Waals surface area contributed by atoms with Crippen molar-refractivity contribution in [3.63, 3.8) is 0 Å². The summed E-state index contributed by atoms with van der Waals surface area (Å²) in [6.07, 6.45) is 0.451. The van der Waals surface area contributed by atoms with Gasteiger partial charge in [-0.3, -0.25) is 0 Å². The van der Waals surface area contributed by atoms with Gasteiger partial charge in [-0.2, -0.15) is 0 Å². The highest BCUT2D eigenvalue weighted by atomic mass is 16.5. The van der Waals surface area contributed by atoms with Gasteiger partial charge in [0, 0.05) is 31.8 Å². The highest BCUT2D eigenvalue weighted by Crippen LogP contribution is 2.30. The summed E-state index contributed by atoms with van der Waals surface area (Å²) in [6, 6.07) is 11.1. The third-order valence-corrected chi connectivity index (χ3v) is 3.39. The van der Waals surface area contributed by atoms with Crippen molar-refractivity contribution in [3.05, 3.63) is 58.7 Å². The lowest BCUT2D eigenvalue weighted by Crippen LogP contribution is -1.97. The van der Waals surface area contributed by atoms with E-state index in [1.807, 2.05) is 36.4 Å². The highest BCUT2D eigenvalue weighted by Gasteiger charge is 2.12. The predicted molar refractivity (Wildman–Crippen MR) is 80.4 cm³/mol. The van der Waals surface area contributed by atoms with E-state index >= 15 is 0 Å². The number of phenolic OH excluding ortho intramolecular Hbond substituents is 2. The van der Waals surface area contributed by atoms with Crippen molar-refractivity contribution in [2.24, 2.45) is 0 Å². The van der Waals surface area contributed by atoms with Crippen molar-refractivity contribution in [1.29, 1.82) is 0 Å². The molecule has 0 aromatic heterocycles. The normalized spacial score (nSPS) is 10.8. The zero-order valence-electron chi connectivity index (χ0n) is 12.3. The van der Waals surface area contributed by atoms with E-state index in [0.29, 0.717) is 19.6 Å². The quantitative estimate of drug-likeness (QED) is 0.858. The van der Waals surface area contributed by atoms with Crippen molar-refractivity contribution in [2.45, 2.75) is 19.6 Å². The Morgan fingerprint density at radius 1 is 0.714 bits per heavy atom. The number of rotatable bonds is 6. The molecule has 0 bridgehead atoms. The van der Waals surface area contributed by atoms with Crippen molar-refractivity contribution >= 4 is 0 Å². The van der Waals surface area contributed by atoms with Gasteiger partial charge in [-0.05, 0) is 11.1 Å². The Morgan fingerprint density at radius 3 is 1.48 bits per heavy atom. The standard InChI is InChI=1S/C17H20O4/c1-20-10-14-7-3-5-12(16(14)18)9-13-6-4-8-15(11-21-2)17(13)19/h3-8,18-19H,9-11H2,1-2H3. The number of para-hydroxylation sites is 2. The highest BCUT2D eigenvalue weighted by molar-refractivity contribution is 5.47. The summed E-state index contributed by atoms with van der Waals surface area (Å²) in [5.74, 6) is 0.437. The Labute approximate surface area is 124 Å². The van der Waals surface area contributed by atoms with Crippen molar-refractivity contribution in [2.75, 3.05) is 14.2 Å². The van der Waals surface area contributed by atoms with Crippen LogP contribution in [0.5, 0.6) is 11.5 Å². The molecule has 0 amide bonds. The Balaban J connectivity index is 2.30. The summed E-state index contributed by atoms with van der Waals surface area (Å²) in [5.41, 5.74) is 2.99. The minimum Gasteiger partial charge on any atom is -0.507 e. The maximum atomic E-state index is 10.3. The zero-order valence-corrected chi connectivity index (χ0v) is 12.3. The molecule has 4 nitrogen and oxygen atoms in total. The molecular formula is C17H20O4. The summed E-state index contributed by atoms with van der Waals surface area (Å²) in [5, 5.41) is 20.5. The van der Waals surface area contributed by atoms with Crippen LogP contribution in [0, 0.1) is 0 Å². The molecule has 0 saturated heterocycles. The molecule has 21 heavy (non-hydrogen) atoms. The molecule has 0 spiro atoms. The Bertz CT molecular complexity index is 554. The fourth-order valence-electron chi connectivity index (χ4n) is 2.32. The Hall–Kier alpha value is -2.04. The van der Waals surface area contributed by atoms with Crippen LogP contribution >= 0.6 is 0 Å². The van der Waals surface area contributed by atoms with Crippen LogP contribution in [-0.2, 0) is 29.1 Å². The first-order valence-corrected chi connectivity index (χ1v) is 6.74. The third-order valence-electron chi connectivity index (χ3n) is 3.39. The molecule has 0 unspecified atom stereocenters. The molecule has 0 aliphatic heterocycles. The van der Waals surface area contributed by atoms with E-state index in [1.165, 1.54) is 0 Å². The van der Waals surface area contributed by atoms with Gasteiger partial charge in [-0.25, -0.2) is 0 Å². The molecule has 0 fully saturated rings. The van der Waals surface area contributed by atoms with Gasteiger partial charge >= 0.3 is 0 Å². The maximum Gasteiger partial charge on any atom is 0.124 e. The molecule has 0 aliphatic rings. The van der Waals surface area contributed by atoms with E-state index < -0.39 is 0 Å². The molecule has 0 saturated carbocycles. The van der Waals surface area contributed by atoms with Gasteiger partial charge in [0.25, 0.3) is 0 Å². The summed E-state index contributed by atoms with van der Waals surface area (Å²) in [7, 11) is 3.18. The van der Waals surface area contributed by atoms with Gasteiger partial charge in [0.05, 0.1) is 13.2 Å². The second-order valence-corrected chi connectivity index (χ2v) is 4.89. The average Bonchev–Trinajstić information content (AvgIpc) is 2.48. The number of hydrogen-bond donors (Lipinski definition) is 2. The molecule has 4 heteroatoms. The molecule has 2 rings (SSSR count). The van der Waals surface area contributed by atoms with Crippen LogP contribution in [0.3, 0.4) is 0 Å². The first-order chi connectivity index (χ1) is 10.2. The largest absolute Gasteiger partial charge is 0.507 e. The average molecular weight is 288 g/mol. The number of phenols is 2. The van der Waals surface area contributed by atoms with E-state index in [9.17, 15) is 10.2 Å². The number of ether oxygens (including phenoxy) is 2. The fraction of sp³-hybridized carbons (Fsp3) is 0.294. The lowest BCUT2D eigenvalue weighted by atomic mass is 9.99. The third kappa shape index (κ3) is 3.54. The molecule has 2 aromatic rings. The lowest BCUT2D eigenvalue weighted by Gasteiger charge is -2.12. The van der Waals surface area contributed by atoms with Crippen LogP contribution in [0.15, 0.2) is 36.4 Å². The van der Waals surface area contributed by atoms with Crippen molar-refractivity contribution in [1.82, 2.24) is 0 Å². The predicted octanol–water partition coefficient (Wildman–Crippen LogP) is 2.98. The summed E-state index contributed by atoms with van der Waals surface area (Å²) in [4.78, 5) is 0. The molecule has 112 valence electrons. The van der Waals surface area contributed by atoms with Gasteiger partial charge in [-0.15, -0.1) is 0 Å². The molecule has 2 N–H and O–H groups in total. The summed E-state index contributed by atoms with van der Waals surface area (Å²) in [6.45, 7) is 0.713.